The highest BCUT2D eigenvalue weighted by Gasteiger charge is 2.36. The number of nitrogens with two attached hydrogens (primary N) is 1. The second kappa shape index (κ2) is 5.38. The normalized spacial score (nSPS) is 21.6. The zero-order chi connectivity index (χ0) is 13.2. The molecule has 0 spiro atoms. The van der Waals surface area contributed by atoms with E-state index in [0.717, 1.165) is 25.7 Å². The van der Waals surface area contributed by atoms with Gasteiger partial charge >= 0.3 is 0 Å². The van der Waals surface area contributed by atoms with E-state index in [1.807, 2.05) is 0 Å². The molecule has 7 heteroatoms. The van der Waals surface area contributed by atoms with Gasteiger partial charge in [-0.2, -0.15) is 9.40 Å². The van der Waals surface area contributed by atoms with Gasteiger partial charge in [0.2, 0.25) is 0 Å². The van der Waals surface area contributed by atoms with Crippen LogP contribution in [0.3, 0.4) is 0 Å². The lowest BCUT2D eigenvalue weighted by Crippen LogP contribution is -2.36. The highest BCUT2D eigenvalue weighted by Crippen LogP contribution is 2.27. The third-order valence-electron chi connectivity index (χ3n) is 3.41. The molecule has 0 aromatic carbocycles. The van der Waals surface area contributed by atoms with Gasteiger partial charge in [0.25, 0.3) is 10.0 Å². The van der Waals surface area contributed by atoms with Gasteiger partial charge in [-0.1, -0.05) is 0 Å². The van der Waals surface area contributed by atoms with E-state index in [1.54, 1.807) is 17.4 Å². The van der Waals surface area contributed by atoms with E-state index < -0.39 is 10.0 Å². The molecule has 0 aliphatic carbocycles. The zero-order valence-corrected chi connectivity index (χ0v) is 11.4. The quantitative estimate of drug-likeness (QED) is 0.836. The second-order valence-corrected chi connectivity index (χ2v) is 6.47. The number of aryl methyl sites for hydroxylation is 1. The molecule has 1 atom stereocenters. The number of hydrogen-bond donors (Lipinski definition) is 1. The number of hydrogen-bond acceptors (Lipinski definition) is 4. The molecule has 1 aromatic heterocycles. The molecule has 102 valence electrons. The summed E-state index contributed by atoms with van der Waals surface area (Å²) in [6.45, 7) is 1.21. The minimum Gasteiger partial charge on any atom is -0.330 e. The molecule has 0 radical (unpaired) electrons. The van der Waals surface area contributed by atoms with Gasteiger partial charge in [-0.25, -0.2) is 8.42 Å². The molecule has 2 rings (SSSR count). The Balaban J connectivity index is 2.22. The van der Waals surface area contributed by atoms with Gasteiger partial charge in [0.15, 0.2) is 5.03 Å². The Kier molecular flexibility index (Phi) is 4.04. The molecular weight excluding hydrogens is 252 g/mol. The van der Waals surface area contributed by atoms with E-state index in [0.29, 0.717) is 13.1 Å². The average molecular weight is 272 g/mol. The van der Waals surface area contributed by atoms with Crippen molar-refractivity contribution in [2.75, 3.05) is 13.1 Å². The molecule has 0 saturated carbocycles. The van der Waals surface area contributed by atoms with Crippen LogP contribution in [0.15, 0.2) is 17.3 Å². The average Bonchev–Trinajstić information content (AvgIpc) is 2.94. The number of nitrogens with zero attached hydrogens (tertiary/aromatic N) is 3. The van der Waals surface area contributed by atoms with Crippen LogP contribution in [0.5, 0.6) is 0 Å². The third kappa shape index (κ3) is 2.43. The number of rotatable bonds is 5. The summed E-state index contributed by atoms with van der Waals surface area (Å²) < 4.78 is 28.1. The summed E-state index contributed by atoms with van der Waals surface area (Å²) in [7, 11) is -1.76. The van der Waals surface area contributed by atoms with Crippen molar-refractivity contribution in [3.8, 4) is 0 Å². The van der Waals surface area contributed by atoms with Crippen molar-refractivity contribution in [1.82, 2.24) is 14.1 Å². The summed E-state index contributed by atoms with van der Waals surface area (Å²) in [6.07, 6.45) is 5.07. The lowest BCUT2D eigenvalue weighted by Gasteiger charge is -2.23. The zero-order valence-electron chi connectivity index (χ0n) is 10.6. The van der Waals surface area contributed by atoms with Crippen molar-refractivity contribution < 1.29 is 8.42 Å². The first-order valence-electron chi connectivity index (χ1n) is 6.27. The van der Waals surface area contributed by atoms with Gasteiger partial charge in [-0.3, -0.25) is 4.68 Å². The first-order chi connectivity index (χ1) is 8.57. The Hall–Kier alpha value is -0.920. The maximum absolute atomic E-state index is 12.5. The van der Waals surface area contributed by atoms with Gasteiger partial charge in [-0.05, 0) is 38.3 Å². The van der Waals surface area contributed by atoms with E-state index in [4.69, 9.17) is 5.73 Å². The monoisotopic (exact) mass is 272 g/mol. The molecule has 6 nitrogen and oxygen atoms in total. The van der Waals surface area contributed by atoms with E-state index in [-0.39, 0.29) is 11.1 Å². The van der Waals surface area contributed by atoms with Crippen LogP contribution >= 0.6 is 0 Å². The molecule has 1 unspecified atom stereocenters. The van der Waals surface area contributed by atoms with Crippen molar-refractivity contribution in [3.05, 3.63) is 12.3 Å². The molecule has 18 heavy (non-hydrogen) atoms. The predicted molar refractivity (Wildman–Crippen MR) is 68.4 cm³/mol. The summed E-state index contributed by atoms with van der Waals surface area (Å²) in [5.41, 5.74) is 5.50. The van der Waals surface area contributed by atoms with Gasteiger partial charge in [-0.15, -0.1) is 0 Å². The number of aromatic nitrogens is 2. The Bertz CT molecular complexity index is 497. The summed E-state index contributed by atoms with van der Waals surface area (Å²) in [4.78, 5) is 0. The van der Waals surface area contributed by atoms with Crippen LogP contribution < -0.4 is 5.73 Å². The van der Waals surface area contributed by atoms with Crippen LogP contribution in [-0.2, 0) is 17.1 Å². The SMILES string of the molecule is Cn1nccc1S(=O)(=O)N1CCCC1CCCN. The second-order valence-electron chi connectivity index (χ2n) is 4.64. The molecule has 1 saturated heterocycles. The lowest BCUT2D eigenvalue weighted by molar-refractivity contribution is 0.362. The maximum atomic E-state index is 12.5. The van der Waals surface area contributed by atoms with Crippen molar-refractivity contribution in [2.45, 2.75) is 36.8 Å². The molecular formula is C11H20N4O2S. The standard InChI is InChI=1S/C11H20N4O2S/c1-14-11(6-8-13-14)18(16,17)15-9-3-5-10(15)4-2-7-12/h6,8,10H,2-5,7,9,12H2,1H3. The first kappa shape index (κ1) is 13.5. The maximum Gasteiger partial charge on any atom is 0.260 e. The molecule has 1 aliphatic rings. The molecule has 2 N–H and O–H groups in total. The molecule has 0 amide bonds. The van der Waals surface area contributed by atoms with Gasteiger partial charge in [0.05, 0.1) is 6.20 Å². The third-order valence-corrected chi connectivity index (χ3v) is 5.44. The minimum atomic E-state index is -3.41. The Labute approximate surface area is 108 Å². The molecule has 1 aliphatic heterocycles. The van der Waals surface area contributed by atoms with Gasteiger partial charge in [0, 0.05) is 19.6 Å². The molecule has 1 aromatic rings. The van der Waals surface area contributed by atoms with Crippen molar-refractivity contribution in [3.63, 3.8) is 0 Å². The van der Waals surface area contributed by atoms with E-state index in [1.165, 1.54) is 10.9 Å². The summed E-state index contributed by atoms with van der Waals surface area (Å²) >= 11 is 0. The van der Waals surface area contributed by atoms with Crippen LogP contribution in [-0.4, -0.2) is 41.6 Å². The Morgan fingerprint density at radius 3 is 2.94 bits per heavy atom. The fraction of sp³-hybridized carbons (Fsp3) is 0.727. The highest BCUT2D eigenvalue weighted by molar-refractivity contribution is 7.89. The first-order valence-corrected chi connectivity index (χ1v) is 7.71. The minimum absolute atomic E-state index is 0.0912. The summed E-state index contributed by atoms with van der Waals surface area (Å²) in [5, 5.41) is 4.20. The summed E-state index contributed by atoms with van der Waals surface area (Å²) in [6, 6.07) is 1.64. The van der Waals surface area contributed by atoms with Gasteiger partial charge in [0.1, 0.15) is 0 Å². The largest absolute Gasteiger partial charge is 0.330 e. The van der Waals surface area contributed by atoms with Crippen LogP contribution in [0.2, 0.25) is 0 Å². The summed E-state index contributed by atoms with van der Waals surface area (Å²) in [5.74, 6) is 0. The predicted octanol–water partition coefficient (Wildman–Crippen LogP) is 0.312. The van der Waals surface area contributed by atoms with Crippen LogP contribution in [0, 0.1) is 0 Å². The van der Waals surface area contributed by atoms with Crippen LogP contribution in [0.1, 0.15) is 25.7 Å². The molecule has 0 bridgehead atoms. The Morgan fingerprint density at radius 1 is 1.56 bits per heavy atom. The van der Waals surface area contributed by atoms with E-state index in [2.05, 4.69) is 5.10 Å². The van der Waals surface area contributed by atoms with E-state index >= 15 is 0 Å². The van der Waals surface area contributed by atoms with Crippen LogP contribution in [0.4, 0.5) is 0 Å². The fourth-order valence-electron chi connectivity index (χ4n) is 2.50. The van der Waals surface area contributed by atoms with E-state index in [9.17, 15) is 8.42 Å². The highest BCUT2D eigenvalue weighted by atomic mass is 32.2. The van der Waals surface area contributed by atoms with Crippen LogP contribution in [0.25, 0.3) is 0 Å². The number of sulfonamides is 1. The molecule has 2 heterocycles. The fourth-order valence-corrected chi connectivity index (χ4v) is 4.33. The molecule has 1 fully saturated rings. The smallest absolute Gasteiger partial charge is 0.260 e. The van der Waals surface area contributed by atoms with Gasteiger partial charge < -0.3 is 5.73 Å². The Morgan fingerprint density at radius 2 is 2.33 bits per heavy atom. The van der Waals surface area contributed by atoms with Crippen molar-refractivity contribution in [2.24, 2.45) is 12.8 Å². The lowest BCUT2D eigenvalue weighted by atomic mass is 10.1. The van der Waals surface area contributed by atoms with Crippen molar-refractivity contribution >= 4 is 10.0 Å². The topological polar surface area (TPSA) is 81.2 Å². The van der Waals surface area contributed by atoms with Crippen molar-refractivity contribution in [1.29, 1.82) is 0 Å².